The van der Waals surface area contributed by atoms with Gasteiger partial charge in [-0.25, -0.2) is 0 Å². The maximum Gasteiger partial charge on any atom is 0.416 e. The number of nitrogens with one attached hydrogen (secondary N) is 1. The predicted molar refractivity (Wildman–Crippen MR) is 104 cm³/mol. The Kier molecular flexibility index (Phi) is 6.09. The molecule has 1 N–H and O–H groups in total. The largest absolute Gasteiger partial charge is 0.416 e. The summed E-state index contributed by atoms with van der Waals surface area (Å²) >= 11 is 3.33. The lowest BCUT2D eigenvalue weighted by Crippen LogP contribution is -2.30. The number of rotatable bonds is 4. The Labute approximate surface area is 164 Å². The molecule has 3 nitrogen and oxygen atoms in total. The normalized spacial score (nSPS) is 14.9. The Morgan fingerprint density at radius 2 is 1.70 bits per heavy atom. The van der Waals surface area contributed by atoms with E-state index in [1.54, 1.807) is 12.1 Å². The second kappa shape index (κ2) is 8.33. The molecule has 1 aliphatic heterocycles. The first-order valence-corrected chi connectivity index (χ1v) is 9.63. The minimum Gasteiger partial charge on any atom is -0.370 e. The van der Waals surface area contributed by atoms with Crippen LogP contribution < -0.4 is 10.2 Å². The zero-order chi connectivity index (χ0) is 19.4. The number of carbonyl (C=O) groups excluding carboxylic acids is 1. The van der Waals surface area contributed by atoms with E-state index in [9.17, 15) is 18.0 Å². The van der Waals surface area contributed by atoms with Crippen molar-refractivity contribution in [2.45, 2.75) is 31.9 Å². The molecule has 3 rings (SSSR count). The minimum absolute atomic E-state index is 0.100. The second-order valence-corrected chi connectivity index (χ2v) is 7.54. The summed E-state index contributed by atoms with van der Waals surface area (Å²) in [5, 5.41) is 2.69. The van der Waals surface area contributed by atoms with Crippen molar-refractivity contribution in [2.75, 3.05) is 23.3 Å². The number of anilines is 2. The van der Waals surface area contributed by atoms with E-state index < -0.39 is 11.7 Å². The Morgan fingerprint density at radius 1 is 1.04 bits per heavy atom. The lowest BCUT2D eigenvalue weighted by atomic mass is 10.1. The third-order valence-electron chi connectivity index (χ3n) is 4.57. The van der Waals surface area contributed by atoms with E-state index in [-0.39, 0.29) is 18.0 Å². The van der Waals surface area contributed by atoms with Gasteiger partial charge in [0.25, 0.3) is 0 Å². The molecule has 1 aliphatic rings. The average Bonchev–Trinajstić information content (AvgIpc) is 2.63. The lowest BCUT2D eigenvalue weighted by Gasteiger charge is -2.31. The SMILES string of the molecule is O=C(Cc1ccc(Br)cc1)Nc1cc(C(F)(F)F)ccc1N1CCCCC1. The van der Waals surface area contributed by atoms with Gasteiger partial charge in [0.15, 0.2) is 0 Å². The van der Waals surface area contributed by atoms with Crippen LogP contribution in [0.2, 0.25) is 0 Å². The molecule has 144 valence electrons. The molecule has 27 heavy (non-hydrogen) atoms. The molecule has 0 radical (unpaired) electrons. The molecule has 0 aliphatic carbocycles. The number of piperidine rings is 1. The van der Waals surface area contributed by atoms with E-state index in [1.807, 2.05) is 17.0 Å². The van der Waals surface area contributed by atoms with Gasteiger partial charge in [0.2, 0.25) is 5.91 Å². The molecular weight excluding hydrogens is 421 g/mol. The average molecular weight is 441 g/mol. The van der Waals surface area contributed by atoms with Crippen molar-refractivity contribution >= 4 is 33.2 Å². The first-order chi connectivity index (χ1) is 12.8. The van der Waals surface area contributed by atoms with Crippen molar-refractivity contribution in [2.24, 2.45) is 0 Å². The van der Waals surface area contributed by atoms with Gasteiger partial charge in [0.05, 0.1) is 23.4 Å². The van der Waals surface area contributed by atoms with Gasteiger partial charge in [-0.05, 0) is 55.2 Å². The summed E-state index contributed by atoms with van der Waals surface area (Å²) in [7, 11) is 0. The van der Waals surface area contributed by atoms with Crippen LogP contribution in [0.5, 0.6) is 0 Å². The second-order valence-electron chi connectivity index (χ2n) is 6.63. The fourth-order valence-corrected chi connectivity index (χ4v) is 3.47. The van der Waals surface area contributed by atoms with E-state index in [1.165, 1.54) is 6.07 Å². The van der Waals surface area contributed by atoms with Gasteiger partial charge in [0, 0.05) is 17.6 Å². The fourth-order valence-electron chi connectivity index (χ4n) is 3.21. The maximum absolute atomic E-state index is 13.1. The Morgan fingerprint density at radius 3 is 2.33 bits per heavy atom. The molecule has 1 amide bonds. The summed E-state index contributed by atoms with van der Waals surface area (Å²) in [4.78, 5) is 14.5. The van der Waals surface area contributed by atoms with Crippen LogP contribution in [0.1, 0.15) is 30.4 Å². The van der Waals surface area contributed by atoms with E-state index in [0.717, 1.165) is 54.5 Å². The highest BCUT2D eigenvalue weighted by molar-refractivity contribution is 9.10. The highest BCUT2D eigenvalue weighted by Gasteiger charge is 2.31. The molecule has 0 bridgehead atoms. The van der Waals surface area contributed by atoms with Crippen LogP contribution in [-0.4, -0.2) is 19.0 Å². The highest BCUT2D eigenvalue weighted by Crippen LogP contribution is 2.36. The number of hydrogen-bond acceptors (Lipinski definition) is 2. The van der Waals surface area contributed by atoms with E-state index in [0.29, 0.717) is 5.69 Å². The lowest BCUT2D eigenvalue weighted by molar-refractivity contribution is -0.137. The molecule has 0 aromatic heterocycles. The van der Waals surface area contributed by atoms with Crippen molar-refractivity contribution in [3.05, 3.63) is 58.1 Å². The van der Waals surface area contributed by atoms with Crippen LogP contribution in [0.3, 0.4) is 0 Å². The summed E-state index contributed by atoms with van der Waals surface area (Å²) in [6, 6.07) is 10.8. The van der Waals surface area contributed by atoms with Crippen molar-refractivity contribution < 1.29 is 18.0 Å². The summed E-state index contributed by atoms with van der Waals surface area (Å²) in [5.74, 6) is -0.338. The van der Waals surface area contributed by atoms with Crippen LogP contribution in [0.25, 0.3) is 0 Å². The standard InChI is InChI=1S/C20H20BrF3N2O/c21-16-7-4-14(5-8-16)12-19(27)25-17-13-15(20(22,23)24)6-9-18(17)26-10-2-1-3-11-26/h4-9,13H,1-3,10-12H2,(H,25,27). The Bertz CT molecular complexity index is 800. The first-order valence-electron chi connectivity index (χ1n) is 8.83. The molecule has 1 fully saturated rings. The monoisotopic (exact) mass is 440 g/mol. The van der Waals surface area contributed by atoms with Gasteiger partial charge < -0.3 is 10.2 Å². The topological polar surface area (TPSA) is 32.3 Å². The zero-order valence-corrected chi connectivity index (χ0v) is 16.2. The number of hydrogen-bond donors (Lipinski definition) is 1. The third-order valence-corrected chi connectivity index (χ3v) is 5.10. The quantitative estimate of drug-likeness (QED) is 0.666. The number of halogens is 4. The molecule has 0 unspecified atom stereocenters. The van der Waals surface area contributed by atoms with E-state index >= 15 is 0 Å². The number of nitrogens with zero attached hydrogens (tertiary/aromatic N) is 1. The van der Waals surface area contributed by atoms with E-state index in [2.05, 4.69) is 21.2 Å². The van der Waals surface area contributed by atoms with Gasteiger partial charge in [0.1, 0.15) is 0 Å². The molecule has 0 atom stereocenters. The van der Waals surface area contributed by atoms with Gasteiger partial charge in [-0.1, -0.05) is 28.1 Å². The van der Waals surface area contributed by atoms with Crippen LogP contribution in [-0.2, 0) is 17.4 Å². The van der Waals surface area contributed by atoms with Gasteiger partial charge >= 0.3 is 6.18 Å². The maximum atomic E-state index is 13.1. The molecule has 0 spiro atoms. The number of alkyl halides is 3. The molecule has 0 saturated carbocycles. The summed E-state index contributed by atoms with van der Waals surface area (Å²) in [5.41, 5.74) is 0.894. The third kappa shape index (κ3) is 5.25. The van der Waals surface area contributed by atoms with Crippen molar-refractivity contribution in [1.82, 2.24) is 0 Å². The fraction of sp³-hybridized carbons (Fsp3) is 0.350. The molecule has 2 aromatic rings. The summed E-state index contributed by atoms with van der Waals surface area (Å²) in [6.07, 6.45) is -1.25. The van der Waals surface area contributed by atoms with Gasteiger partial charge in [-0.15, -0.1) is 0 Å². The summed E-state index contributed by atoms with van der Waals surface area (Å²) in [6.45, 7) is 1.56. The van der Waals surface area contributed by atoms with Crippen molar-refractivity contribution in [3.8, 4) is 0 Å². The van der Waals surface area contributed by atoms with Crippen LogP contribution in [0, 0.1) is 0 Å². The molecule has 1 saturated heterocycles. The number of benzene rings is 2. The van der Waals surface area contributed by atoms with Crippen molar-refractivity contribution in [1.29, 1.82) is 0 Å². The molecule has 1 heterocycles. The van der Waals surface area contributed by atoms with Crippen LogP contribution in [0.4, 0.5) is 24.5 Å². The van der Waals surface area contributed by atoms with Gasteiger partial charge in [-0.2, -0.15) is 13.2 Å². The van der Waals surface area contributed by atoms with E-state index in [4.69, 9.17) is 0 Å². The van der Waals surface area contributed by atoms with Crippen molar-refractivity contribution in [3.63, 3.8) is 0 Å². The Hall–Kier alpha value is -2.02. The summed E-state index contributed by atoms with van der Waals surface area (Å²) < 4.78 is 40.3. The van der Waals surface area contributed by atoms with Crippen LogP contribution in [0.15, 0.2) is 46.9 Å². The zero-order valence-electron chi connectivity index (χ0n) is 14.7. The minimum atomic E-state index is -4.45. The number of carbonyl (C=O) groups is 1. The highest BCUT2D eigenvalue weighted by atomic mass is 79.9. The number of amides is 1. The smallest absolute Gasteiger partial charge is 0.370 e. The molecule has 2 aromatic carbocycles. The van der Waals surface area contributed by atoms with Crippen LogP contribution >= 0.6 is 15.9 Å². The molecule has 7 heteroatoms. The molecular formula is C20H20BrF3N2O. The first kappa shape index (κ1) is 19.7. The predicted octanol–water partition coefficient (Wildman–Crippen LogP) is 5.64. The van der Waals surface area contributed by atoms with Gasteiger partial charge in [-0.3, -0.25) is 4.79 Å². The Balaban J connectivity index is 1.83.